The molecule has 0 radical (unpaired) electrons. The van der Waals surface area contributed by atoms with E-state index in [2.05, 4.69) is 5.10 Å². The average molecular weight is 196 g/mol. The second-order valence-corrected chi connectivity index (χ2v) is 3.49. The van der Waals surface area contributed by atoms with E-state index >= 15 is 0 Å². The van der Waals surface area contributed by atoms with Gasteiger partial charge in [-0.3, -0.25) is 4.68 Å². The minimum atomic E-state index is -0.932. The summed E-state index contributed by atoms with van der Waals surface area (Å²) < 4.78 is 6.90. The van der Waals surface area contributed by atoms with Crippen LogP contribution in [0.4, 0.5) is 0 Å². The summed E-state index contributed by atoms with van der Waals surface area (Å²) in [5.74, 6) is -0.463. The van der Waals surface area contributed by atoms with Crippen LogP contribution in [0.2, 0.25) is 0 Å². The first-order chi connectivity index (χ1) is 6.75. The number of aromatic nitrogens is 2. The van der Waals surface area contributed by atoms with Gasteiger partial charge in [0.15, 0.2) is 0 Å². The van der Waals surface area contributed by atoms with Crippen LogP contribution in [0.3, 0.4) is 0 Å². The third-order valence-corrected chi connectivity index (χ3v) is 2.35. The van der Waals surface area contributed by atoms with E-state index < -0.39 is 5.97 Å². The van der Waals surface area contributed by atoms with Crippen LogP contribution in [0, 0.1) is 5.92 Å². The number of carboxylic acid groups (broad SMARTS) is 1. The summed E-state index contributed by atoms with van der Waals surface area (Å²) in [4.78, 5) is 10.6. The lowest BCUT2D eigenvalue weighted by atomic mass is 10.1. The number of carbonyl (C=O) groups is 1. The zero-order valence-electron chi connectivity index (χ0n) is 7.72. The highest BCUT2D eigenvalue weighted by molar-refractivity contribution is 5.86. The number of nitrogens with zero attached hydrogens (tertiary/aromatic N) is 2. The van der Waals surface area contributed by atoms with Crippen molar-refractivity contribution in [3.63, 3.8) is 0 Å². The second kappa shape index (κ2) is 3.79. The molecule has 0 saturated carbocycles. The van der Waals surface area contributed by atoms with Crippen LogP contribution >= 0.6 is 0 Å². The van der Waals surface area contributed by atoms with Crippen molar-refractivity contribution in [3.05, 3.63) is 18.0 Å². The highest BCUT2D eigenvalue weighted by Crippen LogP contribution is 2.14. The van der Waals surface area contributed by atoms with Crippen LogP contribution in [-0.4, -0.2) is 34.1 Å². The number of ether oxygens (including phenoxy) is 1. The van der Waals surface area contributed by atoms with Crippen LogP contribution in [0.5, 0.6) is 0 Å². The van der Waals surface area contributed by atoms with E-state index in [1.165, 1.54) is 6.20 Å². The molecule has 0 aromatic carbocycles. The number of hydrogen-bond donors (Lipinski definition) is 1. The fraction of sp³-hybridized carbons (Fsp3) is 0.556. The maximum atomic E-state index is 10.6. The molecule has 76 valence electrons. The van der Waals surface area contributed by atoms with E-state index in [0.717, 1.165) is 26.2 Å². The average Bonchev–Trinajstić information content (AvgIpc) is 2.75. The zero-order chi connectivity index (χ0) is 9.97. The molecule has 1 N–H and O–H groups in total. The first-order valence-corrected chi connectivity index (χ1v) is 4.59. The molecule has 0 amide bonds. The molecule has 0 unspecified atom stereocenters. The monoisotopic (exact) mass is 196 g/mol. The molecule has 2 heterocycles. The fourth-order valence-electron chi connectivity index (χ4n) is 1.57. The molecule has 1 saturated heterocycles. The van der Waals surface area contributed by atoms with E-state index in [1.807, 2.05) is 0 Å². The normalized spacial score (nSPS) is 21.3. The van der Waals surface area contributed by atoms with Gasteiger partial charge < -0.3 is 9.84 Å². The maximum absolute atomic E-state index is 10.6. The van der Waals surface area contributed by atoms with Gasteiger partial charge >= 0.3 is 5.97 Å². The van der Waals surface area contributed by atoms with Crippen molar-refractivity contribution in [1.29, 1.82) is 0 Å². The molecule has 2 rings (SSSR count). The number of carboxylic acids is 1. The van der Waals surface area contributed by atoms with E-state index in [-0.39, 0.29) is 5.56 Å². The minimum absolute atomic E-state index is 0.240. The Balaban J connectivity index is 1.98. The lowest BCUT2D eigenvalue weighted by molar-refractivity contribution is 0.0696. The number of rotatable bonds is 3. The van der Waals surface area contributed by atoms with E-state index in [4.69, 9.17) is 9.84 Å². The molecule has 1 atom stereocenters. The van der Waals surface area contributed by atoms with Crippen molar-refractivity contribution in [2.75, 3.05) is 13.2 Å². The van der Waals surface area contributed by atoms with Gasteiger partial charge in [0.25, 0.3) is 0 Å². The lowest BCUT2D eigenvalue weighted by Gasteiger charge is -2.06. The molecule has 0 aliphatic carbocycles. The summed E-state index contributed by atoms with van der Waals surface area (Å²) in [5, 5.41) is 12.7. The van der Waals surface area contributed by atoms with Gasteiger partial charge in [0.2, 0.25) is 0 Å². The quantitative estimate of drug-likeness (QED) is 0.769. The van der Waals surface area contributed by atoms with Crippen molar-refractivity contribution < 1.29 is 14.6 Å². The summed E-state index contributed by atoms with van der Waals surface area (Å²) in [6.07, 6.45) is 3.96. The Kier molecular flexibility index (Phi) is 2.49. The lowest BCUT2D eigenvalue weighted by Crippen LogP contribution is -2.10. The number of aromatic carboxylic acids is 1. The second-order valence-electron chi connectivity index (χ2n) is 3.49. The minimum Gasteiger partial charge on any atom is -0.478 e. The van der Waals surface area contributed by atoms with Gasteiger partial charge in [0.1, 0.15) is 0 Å². The predicted molar refractivity (Wildman–Crippen MR) is 48.1 cm³/mol. The maximum Gasteiger partial charge on any atom is 0.338 e. The highest BCUT2D eigenvalue weighted by Gasteiger charge is 2.17. The Morgan fingerprint density at radius 3 is 3.21 bits per heavy atom. The van der Waals surface area contributed by atoms with Crippen molar-refractivity contribution in [2.45, 2.75) is 13.0 Å². The Morgan fingerprint density at radius 1 is 1.79 bits per heavy atom. The van der Waals surface area contributed by atoms with Crippen LogP contribution < -0.4 is 0 Å². The molecule has 1 fully saturated rings. The Labute approximate surface area is 81.3 Å². The molecule has 1 aromatic heterocycles. The molecular formula is C9H12N2O3. The van der Waals surface area contributed by atoms with Gasteiger partial charge in [-0.2, -0.15) is 5.10 Å². The largest absolute Gasteiger partial charge is 0.478 e. The van der Waals surface area contributed by atoms with Crippen LogP contribution in [0.25, 0.3) is 0 Å². The van der Waals surface area contributed by atoms with Gasteiger partial charge in [-0.25, -0.2) is 4.79 Å². The SMILES string of the molecule is O=C(O)c1cnn(C[C@@H]2CCOC2)c1. The molecule has 5 nitrogen and oxygen atoms in total. The van der Waals surface area contributed by atoms with Crippen LogP contribution in [-0.2, 0) is 11.3 Å². The van der Waals surface area contributed by atoms with Crippen LogP contribution in [0.15, 0.2) is 12.4 Å². The van der Waals surface area contributed by atoms with E-state index in [1.54, 1.807) is 10.9 Å². The summed E-state index contributed by atoms with van der Waals surface area (Å²) in [6, 6.07) is 0. The van der Waals surface area contributed by atoms with Gasteiger partial charge in [-0.05, 0) is 6.42 Å². The smallest absolute Gasteiger partial charge is 0.338 e. The molecule has 1 aliphatic heterocycles. The molecular weight excluding hydrogens is 184 g/mol. The predicted octanol–water partition coefficient (Wildman–Crippen LogP) is 0.618. The van der Waals surface area contributed by atoms with Gasteiger partial charge in [-0.15, -0.1) is 0 Å². The fourth-order valence-corrected chi connectivity index (χ4v) is 1.57. The highest BCUT2D eigenvalue weighted by atomic mass is 16.5. The molecule has 1 aromatic rings. The van der Waals surface area contributed by atoms with Gasteiger partial charge in [0, 0.05) is 25.3 Å². The standard InChI is InChI=1S/C9H12N2O3/c12-9(13)8-3-10-11(5-8)4-7-1-2-14-6-7/h3,5,7H,1-2,4,6H2,(H,12,13)/t7-/m0/s1. The van der Waals surface area contributed by atoms with Crippen molar-refractivity contribution in [3.8, 4) is 0 Å². The van der Waals surface area contributed by atoms with Crippen molar-refractivity contribution in [2.24, 2.45) is 5.92 Å². The summed E-state index contributed by atoms with van der Waals surface area (Å²) >= 11 is 0. The van der Waals surface area contributed by atoms with Gasteiger partial charge in [-0.1, -0.05) is 0 Å². The summed E-state index contributed by atoms with van der Waals surface area (Å²) in [6.45, 7) is 2.30. The zero-order valence-corrected chi connectivity index (χ0v) is 7.72. The van der Waals surface area contributed by atoms with E-state index in [9.17, 15) is 4.79 Å². The van der Waals surface area contributed by atoms with Crippen molar-refractivity contribution >= 4 is 5.97 Å². The molecule has 14 heavy (non-hydrogen) atoms. The summed E-state index contributed by atoms with van der Waals surface area (Å²) in [5.41, 5.74) is 0.240. The summed E-state index contributed by atoms with van der Waals surface area (Å²) in [7, 11) is 0. The third-order valence-electron chi connectivity index (χ3n) is 2.35. The molecule has 1 aliphatic rings. The van der Waals surface area contributed by atoms with Crippen LogP contribution in [0.1, 0.15) is 16.8 Å². The first-order valence-electron chi connectivity index (χ1n) is 4.59. The third kappa shape index (κ3) is 1.93. The topological polar surface area (TPSA) is 64.3 Å². The molecule has 5 heteroatoms. The van der Waals surface area contributed by atoms with Gasteiger partial charge in [0.05, 0.1) is 18.4 Å². The molecule has 0 spiro atoms. The molecule has 0 bridgehead atoms. The van der Waals surface area contributed by atoms with Crippen molar-refractivity contribution in [1.82, 2.24) is 9.78 Å². The van der Waals surface area contributed by atoms with E-state index in [0.29, 0.717) is 5.92 Å². The Bertz CT molecular complexity index is 329. The first kappa shape index (κ1) is 9.21. The number of hydrogen-bond acceptors (Lipinski definition) is 3. The Morgan fingerprint density at radius 2 is 2.64 bits per heavy atom. The Hall–Kier alpha value is -1.36.